The predicted octanol–water partition coefficient (Wildman–Crippen LogP) is 3.45. The van der Waals surface area contributed by atoms with Crippen LogP contribution in [0.5, 0.6) is 0 Å². The molecular formula is C19H24ClFN2O2. The van der Waals surface area contributed by atoms with Gasteiger partial charge in [-0.05, 0) is 43.2 Å². The van der Waals surface area contributed by atoms with Gasteiger partial charge in [-0.3, -0.25) is 9.80 Å². The summed E-state index contributed by atoms with van der Waals surface area (Å²) in [4.78, 5) is 4.67. The van der Waals surface area contributed by atoms with Crippen LogP contribution >= 0.6 is 11.6 Å². The molecule has 0 aliphatic carbocycles. The largest absolute Gasteiger partial charge is 0.465 e. The highest BCUT2D eigenvalue weighted by Crippen LogP contribution is 2.23. The second kappa shape index (κ2) is 8.32. The first-order valence-electron chi connectivity index (χ1n) is 8.61. The van der Waals surface area contributed by atoms with E-state index in [1.54, 1.807) is 6.07 Å². The fourth-order valence-corrected chi connectivity index (χ4v) is 3.62. The van der Waals surface area contributed by atoms with Crippen molar-refractivity contribution in [3.05, 3.63) is 58.3 Å². The molecule has 0 spiro atoms. The Balaban J connectivity index is 1.64. The first-order chi connectivity index (χ1) is 12.0. The standard InChI is InChI=1S/C19H24ClFN2O2/c1-14-2-5-18(25-14)13-23-8-7-22(12-17(23)6-9-24)11-15-3-4-16(21)10-19(15)20/h2-5,10,17,24H,6-9,11-13H2,1H3/t17-/m0/s1. The summed E-state index contributed by atoms with van der Waals surface area (Å²) in [6.07, 6.45) is 0.716. The third kappa shape index (κ3) is 4.82. The molecule has 2 heterocycles. The van der Waals surface area contributed by atoms with Crippen molar-refractivity contribution in [2.45, 2.75) is 32.5 Å². The summed E-state index contributed by atoms with van der Waals surface area (Å²) in [7, 11) is 0. The van der Waals surface area contributed by atoms with E-state index in [0.717, 1.165) is 43.3 Å². The van der Waals surface area contributed by atoms with Gasteiger partial charge in [0.05, 0.1) is 6.54 Å². The topological polar surface area (TPSA) is 39.9 Å². The number of piperazine rings is 1. The molecule has 1 aliphatic rings. The Kier molecular flexibility index (Phi) is 6.12. The number of aliphatic hydroxyl groups is 1. The Morgan fingerprint density at radius 1 is 1.24 bits per heavy atom. The minimum atomic E-state index is -0.314. The highest BCUT2D eigenvalue weighted by atomic mass is 35.5. The number of halogens is 2. The fourth-order valence-electron chi connectivity index (χ4n) is 3.39. The van der Waals surface area contributed by atoms with E-state index in [-0.39, 0.29) is 18.5 Å². The van der Waals surface area contributed by atoms with Crippen LogP contribution in [0.2, 0.25) is 5.02 Å². The van der Waals surface area contributed by atoms with Crippen LogP contribution in [0.1, 0.15) is 23.5 Å². The van der Waals surface area contributed by atoms with Crippen LogP contribution in [0.25, 0.3) is 0 Å². The van der Waals surface area contributed by atoms with Crippen LogP contribution in [0.3, 0.4) is 0 Å². The van der Waals surface area contributed by atoms with Crippen molar-refractivity contribution < 1.29 is 13.9 Å². The van der Waals surface area contributed by atoms with Gasteiger partial charge in [0.2, 0.25) is 0 Å². The Bertz CT molecular complexity index is 706. The van der Waals surface area contributed by atoms with Crippen LogP contribution in [-0.4, -0.2) is 47.2 Å². The van der Waals surface area contributed by atoms with Crippen LogP contribution in [-0.2, 0) is 13.1 Å². The van der Waals surface area contributed by atoms with Gasteiger partial charge in [0.25, 0.3) is 0 Å². The maximum absolute atomic E-state index is 13.2. The third-order valence-electron chi connectivity index (χ3n) is 4.72. The quantitative estimate of drug-likeness (QED) is 0.850. The first-order valence-corrected chi connectivity index (χ1v) is 8.99. The molecule has 4 nitrogen and oxygen atoms in total. The summed E-state index contributed by atoms with van der Waals surface area (Å²) in [5.41, 5.74) is 0.931. The Morgan fingerprint density at radius 3 is 2.76 bits per heavy atom. The smallest absolute Gasteiger partial charge is 0.124 e. The van der Waals surface area contributed by atoms with Gasteiger partial charge < -0.3 is 9.52 Å². The number of nitrogens with zero attached hydrogens (tertiary/aromatic N) is 2. The summed E-state index contributed by atoms with van der Waals surface area (Å²) < 4.78 is 18.9. The summed E-state index contributed by atoms with van der Waals surface area (Å²) in [5.74, 6) is 1.55. The molecule has 25 heavy (non-hydrogen) atoms. The molecule has 0 radical (unpaired) electrons. The highest BCUT2D eigenvalue weighted by molar-refractivity contribution is 6.31. The molecule has 1 aromatic carbocycles. The lowest BCUT2D eigenvalue weighted by atomic mass is 10.1. The maximum Gasteiger partial charge on any atom is 0.124 e. The van der Waals surface area contributed by atoms with E-state index in [0.29, 0.717) is 18.0 Å². The van der Waals surface area contributed by atoms with E-state index in [1.165, 1.54) is 12.1 Å². The van der Waals surface area contributed by atoms with E-state index < -0.39 is 0 Å². The molecule has 3 rings (SSSR count). The SMILES string of the molecule is Cc1ccc(CN2CCN(Cc3ccc(F)cc3Cl)C[C@@H]2CCO)o1. The molecule has 0 unspecified atom stereocenters. The number of benzene rings is 1. The van der Waals surface area contributed by atoms with Crippen LogP contribution in [0.15, 0.2) is 34.7 Å². The molecule has 6 heteroatoms. The number of aryl methyl sites for hydroxylation is 1. The van der Waals surface area contributed by atoms with E-state index >= 15 is 0 Å². The zero-order valence-electron chi connectivity index (χ0n) is 14.4. The van der Waals surface area contributed by atoms with Crippen molar-refractivity contribution in [3.63, 3.8) is 0 Å². The molecule has 1 aliphatic heterocycles. The molecular weight excluding hydrogens is 343 g/mol. The zero-order valence-corrected chi connectivity index (χ0v) is 15.2. The van der Waals surface area contributed by atoms with E-state index in [1.807, 2.05) is 19.1 Å². The predicted molar refractivity (Wildman–Crippen MR) is 96.0 cm³/mol. The number of hydrogen-bond acceptors (Lipinski definition) is 4. The lowest BCUT2D eigenvalue weighted by Crippen LogP contribution is -2.52. The molecule has 0 saturated carbocycles. The molecule has 0 amide bonds. The summed E-state index contributed by atoms with van der Waals surface area (Å²) >= 11 is 6.16. The van der Waals surface area contributed by atoms with Gasteiger partial charge in [-0.2, -0.15) is 0 Å². The van der Waals surface area contributed by atoms with Gasteiger partial charge in [0.1, 0.15) is 17.3 Å². The summed E-state index contributed by atoms with van der Waals surface area (Å²) in [6.45, 7) is 6.17. The molecule has 1 aromatic heterocycles. The van der Waals surface area contributed by atoms with Gasteiger partial charge in [-0.25, -0.2) is 4.39 Å². The average Bonchev–Trinajstić information content (AvgIpc) is 2.98. The number of aliphatic hydroxyl groups excluding tert-OH is 1. The van der Waals surface area contributed by atoms with Gasteiger partial charge in [0.15, 0.2) is 0 Å². The van der Waals surface area contributed by atoms with Crippen molar-refractivity contribution in [1.82, 2.24) is 9.80 Å². The third-order valence-corrected chi connectivity index (χ3v) is 5.07. The lowest BCUT2D eigenvalue weighted by molar-refractivity contribution is 0.0454. The van der Waals surface area contributed by atoms with Crippen molar-refractivity contribution >= 4 is 11.6 Å². The molecule has 0 bridgehead atoms. The Labute approximate surface area is 152 Å². The number of furan rings is 1. The molecule has 1 N–H and O–H groups in total. The second-order valence-corrected chi connectivity index (χ2v) is 7.03. The zero-order chi connectivity index (χ0) is 17.8. The van der Waals surface area contributed by atoms with Gasteiger partial charge in [-0.1, -0.05) is 17.7 Å². The Hall–Kier alpha value is -1.40. The number of rotatable bonds is 6. The lowest BCUT2D eigenvalue weighted by Gasteiger charge is -2.41. The first kappa shape index (κ1) is 18.4. The maximum atomic E-state index is 13.2. The molecule has 1 saturated heterocycles. The Morgan fingerprint density at radius 2 is 2.08 bits per heavy atom. The average molecular weight is 367 g/mol. The van der Waals surface area contributed by atoms with Crippen LogP contribution < -0.4 is 0 Å². The van der Waals surface area contributed by atoms with Crippen molar-refractivity contribution in [2.24, 2.45) is 0 Å². The molecule has 136 valence electrons. The van der Waals surface area contributed by atoms with Crippen molar-refractivity contribution in [3.8, 4) is 0 Å². The van der Waals surface area contributed by atoms with Gasteiger partial charge in [-0.15, -0.1) is 0 Å². The molecule has 1 atom stereocenters. The monoisotopic (exact) mass is 366 g/mol. The molecule has 2 aromatic rings. The normalized spacial score (nSPS) is 19.4. The van der Waals surface area contributed by atoms with Crippen LogP contribution in [0.4, 0.5) is 4.39 Å². The van der Waals surface area contributed by atoms with Gasteiger partial charge >= 0.3 is 0 Å². The summed E-state index contributed by atoms with van der Waals surface area (Å²) in [5, 5.41) is 9.89. The van der Waals surface area contributed by atoms with Crippen LogP contribution in [0, 0.1) is 12.7 Å². The summed E-state index contributed by atoms with van der Waals surface area (Å²) in [6, 6.07) is 8.79. The second-order valence-electron chi connectivity index (χ2n) is 6.62. The minimum absolute atomic E-state index is 0.156. The van der Waals surface area contributed by atoms with Crippen molar-refractivity contribution in [1.29, 1.82) is 0 Å². The van der Waals surface area contributed by atoms with Gasteiger partial charge in [0, 0.05) is 43.9 Å². The molecule has 1 fully saturated rings. The fraction of sp³-hybridized carbons (Fsp3) is 0.474. The number of hydrogen-bond donors (Lipinski definition) is 1. The van der Waals surface area contributed by atoms with Crippen molar-refractivity contribution in [2.75, 3.05) is 26.2 Å². The minimum Gasteiger partial charge on any atom is -0.465 e. The highest BCUT2D eigenvalue weighted by Gasteiger charge is 2.27. The van der Waals surface area contributed by atoms with E-state index in [2.05, 4.69) is 9.80 Å². The van der Waals surface area contributed by atoms with E-state index in [9.17, 15) is 9.50 Å². The van der Waals surface area contributed by atoms with E-state index in [4.69, 9.17) is 16.0 Å².